The SMILES string of the molecule is CC(SC(Cc1ccccc1)C(=O)O)C(=O)NC1CC1. The first-order valence-corrected chi connectivity index (χ1v) is 7.73. The zero-order valence-electron chi connectivity index (χ0n) is 11.4. The van der Waals surface area contributed by atoms with Crippen LogP contribution in [0.4, 0.5) is 0 Å². The Morgan fingerprint density at radius 2 is 2.00 bits per heavy atom. The lowest BCUT2D eigenvalue weighted by molar-refractivity contribution is -0.136. The van der Waals surface area contributed by atoms with Gasteiger partial charge in [-0.25, -0.2) is 0 Å². The molecule has 108 valence electrons. The van der Waals surface area contributed by atoms with Crippen molar-refractivity contribution in [3.05, 3.63) is 35.9 Å². The number of nitrogens with one attached hydrogen (secondary N) is 1. The van der Waals surface area contributed by atoms with Crippen LogP contribution in [0.25, 0.3) is 0 Å². The van der Waals surface area contributed by atoms with Crippen molar-refractivity contribution in [2.75, 3.05) is 0 Å². The first kappa shape index (κ1) is 14.9. The number of carbonyl (C=O) groups is 2. The van der Waals surface area contributed by atoms with Gasteiger partial charge >= 0.3 is 5.97 Å². The number of aliphatic carboxylic acids is 1. The summed E-state index contributed by atoms with van der Waals surface area (Å²) in [5.74, 6) is -0.929. The molecule has 4 nitrogen and oxygen atoms in total. The molecule has 0 aliphatic heterocycles. The summed E-state index contributed by atoms with van der Waals surface area (Å²) in [7, 11) is 0. The van der Waals surface area contributed by atoms with Gasteiger partial charge < -0.3 is 10.4 Å². The number of amides is 1. The molecule has 0 spiro atoms. The summed E-state index contributed by atoms with van der Waals surface area (Å²) in [5.41, 5.74) is 0.974. The molecule has 1 fully saturated rings. The van der Waals surface area contributed by atoms with Crippen LogP contribution >= 0.6 is 11.8 Å². The van der Waals surface area contributed by atoms with Gasteiger partial charge in [0.15, 0.2) is 0 Å². The predicted octanol–water partition coefficient (Wildman–Crippen LogP) is 2.08. The van der Waals surface area contributed by atoms with E-state index in [0.717, 1.165) is 18.4 Å². The fraction of sp³-hybridized carbons (Fsp3) is 0.467. The number of rotatable bonds is 7. The maximum atomic E-state index is 11.9. The smallest absolute Gasteiger partial charge is 0.316 e. The van der Waals surface area contributed by atoms with Gasteiger partial charge in [0.25, 0.3) is 0 Å². The molecule has 20 heavy (non-hydrogen) atoms. The van der Waals surface area contributed by atoms with Crippen molar-refractivity contribution in [2.24, 2.45) is 0 Å². The van der Waals surface area contributed by atoms with Crippen LogP contribution < -0.4 is 5.32 Å². The molecule has 1 aliphatic carbocycles. The predicted molar refractivity (Wildman–Crippen MR) is 79.8 cm³/mol. The Hall–Kier alpha value is -1.49. The fourth-order valence-electron chi connectivity index (χ4n) is 1.88. The van der Waals surface area contributed by atoms with Gasteiger partial charge in [-0.2, -0.15) is 0 Å². The van der Waals surface area contributed by atoms with Crippen molar-refractivity contribution < 1.29 is 14.7 Å². The minimum absolute atomic E-state index is 0.0585. The number of hydrogen-bond donors (Lipinski definition) is 2. The van der Waals surface area contributed by atoms with Crippen LogP contribution in [0.1, 0.15) is 25.3 Å². The maximum absolute atomic E-state index is 11.9. The number of carbonyl (C=O) groups excluding carboxylic acids is 1. The number of hydrogen-bond acceptors (Lipinski definition) is 3. The average Bonchev–Trinajstić information content (AvgIpc) is 3.22. The van der Waals surface area contributed by atoms with Crippen molar-refractivity contribution in [3.63, 3.8) is 0 Å². The Morgan fingerprint density at radius 1 is 1.35 bits per heavy atom. The largest absolute Gasteiger partial charge is 0.480 e. The normalized spacial score (nSPS) is 17.2. The van der Waals surface area contributed by atoms with Gasteiger partial charge in [-0.1, -0.05) is 30.3 Å². The van der Waals surface area contributed by atoms with Crippen molar-refractivity contribution in [1.82, 2.24) is 5.32 Å². The minimum atomic E-state index is -0.870. The maximum Gasteiger partial charge on any atom is 0.316 e. The van der Waals surface area contributed by atoms with E-state index in [4.69, 9.17) is 0 Å². The second kappa shape index (κ2) is 6.79. The first-order valence-electron chi connectivity index (χ1n) is 6.79. The Morgan fingerprint density at radius 3 is 2.55 bits per heavy atom. The Kier molecular flexibility index (Phi) is 5.06. The third-order valence-electron chi connectivity index (χ3n) is 3.20. The van der Waals surface area contributed by atoms with Crippen molar-refractivity contribution in [1.29, 1.82) is 0 Å². The highest BCUT2D eigenvalue weighted by Gasteiger charge is 2.29. The summed E-state index contributed by atoms with van der Waals surface area (Å²) in [6.45, 7) is 1.77. The molecule has 1 amide bonds. The Labute approximate surface area is 123 Å². The lowest BCUT2D eigenvalue weighted by Crippen LogP contribution is -2.35. The summed E-state index contributed by atoms with van der Waals surface area (Å²) >= 11 is 1.21. The van der Waals surface area contributed by atoms with Gasteiger partial charge in [0.2, 0.25) is 5.91 Å². The molecule has 2 unspecified atom stereocenters. The summed E-state index contributed by atoms with van der Waals surface area (Å²) in [5, 5.41) is 11.3. The molecule has 0 heterocycles. The molecular weight excluding hydrogens is 274 g/mol. The van der Waals surface area contributed by atoms with E-state index in [1.807, 2.05) is 30.3 Å². The number of carboxylic acids is 1. The molecule has 0 saturated heterocycles. The Bertz CT molecular complexity index is 473. The van der Waals surface area contributed by atoms with E-state index in [0.29, 0.717) is 12.5 Å². The van der Waals surface area contributed by atoms with Crippen LogP contribution in [0.2, 0.25) is 0 Å². The standard InChI is InChI=1S/C15H19NO3S/c1-10(14(17)16-12-7-8-12)20-13(15(18)19)9-11-5-3-2-4-6-11/h2-6,10,12-13H,7-9H2,1H3,(H,16,17)(H,18,19). The molecular formula is C15H19NO3S. The zero-order valence-corrected chi connectivity index (χ0v) is 12.2. The van der Waals surface area contributed by atoms with Crippen molar-refractivity contribution in [2.45, 2.75) is 42.7 Å². The number of benzene rings is 1. The van der Waals surface area contributed by atoms with Crippen LogP contribution in [-0.4, -0.2) is 33.5 Å². The second-order valence-electron chi connectivity index (χ2n) is 5.08. The molecule has 2 atom stereocenters. The molecule has 1 aliphatic rings. The van der Waals surface area contributed by atoms with E-state index >= 15 is 0 Å². The van der Waals surface area contributed by atoms with E-state index < -0.39 is 11.2 Å². The second-order valence-corrected chi connectivity index (χ2v) is 6.63. The van der Waals surface area contributed by atoms with Crippen LogP contribution in [0, 0.1) is 0 Å². The summed E-state index contributed by atoms with van der Waals surface area (Å²) < 4.78 is 0. The fourth-order valence-corrected chi connectivity index (χ4v) is 2.97. The van der Waals surface area contributed by atoms with Gasteiger partial charge in [-0.15, -0.1) is 11.8 Å². The lowest BCUT2D eigenvalue weighted by Gasteiger charge is -2.17. The van der Waals surface area contributed by atoms with Gasteiger partial charge in [-0.3, -0.25) is 9.59 Å². The molecule has 2 rings (SSSR count). The molecule has 0 radical (unpaired) electrons. The molecule has 1 saturated carbocycles. The number of thioether (sulfide) groups is 1. The average molecular weight is 293 g/mol. The summed E-state index contributed by atoms with van der Waals surface area (Å²) in [4.78, 5) is 23.2. The van der Waals surface area contributed by atoms with E-state index in [1.54, 1.807) is 6.92 Å². The molecule has 2 N–H and O–H groups in total. The highest BCUT2D eigenvalue weighted by atomic mass is 32.2. The van der Waals surface area contributed by atoms with Crippen LogP contribution in [-0.2, 0) is 16.0 Å². The number of carboxylic acid groups (broad SMARTS) is 1. The van der Waals surface area contributed by atoms with Gasteiger partial charge in [0, 0.05) is 6.04 Å². The van der Waals surface area contributed by atoms with E-state index in [-0.39, 0.29) is 11.2 Å². The highest BCUT2D eigenvalue weighted by molar-refractivity contribution is 8.01. The van der Waals surface area contributed by atoms with Crippen LogP contribution in [0.5, 0.6) is 0 Å². The van der Waals surface area contributed by atoms with Gasteiger partial charge in [0.1, 0.15) is 5.25 Å². The Balaban J connectivity index is 1.91. The molecule has 5 heteroatoms. The van der Waals surface area contributed by atoms with E-state index in [2.05, 4.69) is 5.32 Å². The molecule has 0 bridgehead atoms. The first-order chi connectivity index (χ1) is 9.56. The van der Waals surface area contributed by atoms with Crippen LogP contribution in [0.3, 0.4) is 0 Å². The lowest BCUT2D eigenvalue weighted by atomic mass is 10.1. The molecule has 1 aromatic rings. The van der Waals surface area contributed by atoms with Gasteiger partial charge in [0.05, 0.1) is 5.25 Å². The zero-order chi connectivity index (χ0) is 14.5. The van der Waals surface area contributed by atoms with E-state index in [9.17, 15) is 14.7 Å². The minimum Gasteiger partial charge on any atom is -0.480 e. The summed E-state index contributed by atoms with van der Waals surface area (Å²) in [6.07, 6.45) is 2.51. The quantitative estimate of drug-likeness (QED) is 0.808. The monoisotopic (exact) mass is 293 g/mol. The van der Waals surface area contributed by atoms with E-state index in [1.165, 1.54) is 11.8 Å². The van der Waals surface area contributed by atoms with Gasteiger partial charge in [-0.05, 0) is 31.7 Å². The topological polar surface area (TPSA) is 66.4 Å². The molecule has 1 aromatic carbocycles. The van der Waals surface area contributed by atoms with Crippen molar-refractivity contribution >= 4 is 23.6 Å². The molecule has 0 aromatic heterocycles. The van der Waals surface area contributed by atoms with Crippen LogP contribution in [0.15, 0.2) is 30.3 Å². The summed E-state index contributed by atoms with van der Waals surface area (Å²) in [6, 6.07) is 9.81. The van der Waals surface area contributed by atoms with Crippen molar-refractivity contribution in [3.8, 4) is 0 Å². The third kappa shape index (κ3) is 4.56. The highest BCUT2D eigenvalue weighted by Crippen LogP contribution is 2.24. The third-order valence-corrected chi connectivity index (χ3v) is 4.52.